The summed E-state index contributed by atoms with van der Waals surface area (Å²) >= 11 is 9.73. The van der Waals surface area contributed by atoms with Crippen molar-refractivity contribution in [1.82, 2.24) is 5.32 Å². The van der Waals surface area contributed by atoms with Gasteiger partial charge in [0.1, 0.15) is 5.75 Å². The third kappa shape index (κ3) is 3.75. The molecule has 1 N–H and O–H groups in total. The molecular formula is C16H17BrClNO. The van der Waals surface area contributed by atoms with Crippen LogP contribution < -0.4 is 10.1 Å². The maximum absolute atomic E-state index is 6.24. The topological polar surface area (TPSA) is 21.3 Å². The standard InChI is InChI=1S/C16H17BrClNO/c1-11(12-5-3-6-13(17)9-12)19-10-14-15(18)7-4-8-16(14)20-2/h3-9,11,19H,10H2,1-2H3. The minimum atomic E-state index is 0.230. The molecule has 0 saturated heterocycles. The van der Waals surface area contributed by atoms with E-state index in [1.807, 2.05) is 30.3 Å². The first-order valence-electron chi connectivity index (χ1n) is 6.42. The van der Waals surface area contributed by atoms with Crippen LogP contribution in [-0.4, -0.2) is 7.11 Å². The summed E-state index contributed by atoms with van der Waals surface area (Å²) in [5, 5.41) is 4.19. The van der Waals surface area contributed by atoms with Crippen LogP contribution in [0.25, 0.3) is 0 Å². The van der Waals surface area contributed by atoms with Crippen LogP contribution >= 0.6 is 27.5 Å². The molecule has 0 bridgehead atoms. The van der Waals surface area contributed by atoms with Crippen LogP contribution in [0.3, 0.4) is 0 Å². The Hall–Kier alpha value is -1.03. The van der Waals surface area contributed by atoms with Crippen molar-refractivity contribution >= 4 is 27.5 Å². The van der Waals surface area contributed by atoms with Crippen molar-refractivity contribution in [2.24, 2.45) is 0 Å². The number of ether oxygens (including phenoxy) is 1. The van der Waals surface area contributed by atoms with Crippen molar-refractivity contribution in [3.8, 4) is 5.75 Å². The van der Waals surface area contributed by atoms with E-state index in [0.717, 1.165) is 20.8 Å². The average molecular weight is 355 g/mol. The van der Waals surface area contributed by atoms with Gasteiger partial charge in [-0.2, -0.15) is 0 Å². The van der Waals surface area contributed by atoms with E-state index in [2.05, 4.69) is 40.3 Å². The van der Waals surface area contributed by atoms with E-state index < -0.39 is 0 Å². The Morgan fingerprint density at radius 2 is 2.00 bits per heavy atom. The highest BCUT2D eigenvalue weighted by Crippen LogP contribution is 2.27. The molecule has 106 valence electrons. The Labute approximate surface area is 133 Å². The minimum Gasteiger partial charge on any atom is -0.496 e. The molecular weight excluding hydrogens is 338 g/mol. The third-order valence-corrected chi connectivity index (χ3v) is 4.08. The molecule has 2 rings (SSSR count). The maximum atomic E-state index is 6.24. The van der Waals surface area contributed by atoms with Gasteiger partial charge in [-0.05, 0) is 36.8 Å². The smallest absolute Gasteiger partial charge is 0.124 e. The number of halogens is 2. The molecule has 0 saturated carbocycles. The van der Waals surface area contributed by atoms with Crippen molar-refractivity contribution in [2.45, 2.75) is 19.5 Å². The number of nitrogens with one attached hydrogen (secondary N) is 1. The van der Waals surface area contributed by atoms with Crippen LogP contribution in [0.15, 0.2) is 46.9 Å². The Bertz CT molecular complexity index is 588. The van der Waals surface area contributed by atoms with Crippen LogP contribution in [0.2, 0.25) is 5.02 Å². The number of hydrogen-bond acceptors (Lipinski definition) is 2. The van der Waals surface area contributed by atoms with Gasteiger partial charge in [-0.25, -0.2) is 0 Å². The lowest BCUT2D eigenvalue weighted by Crippen LogP contribution is -2.18. The highest BCUT2D eigenvalue weighted by Gasteiger charge is 2.10. The van der Waals surface area contributed by atoms with Crippen LogP contribution in [0.5, 0.6) is 5.75 Å². The van der Waals surface area contributed by atoms with Gasteiger partial charge >= 0.3 is 0 Å². The summed E-state index contributed by atoms with van der Waals surface area (Å²) in [6, 6.07) is 14.2. The lowest BCUT2D eigenvalue weighted by molar-refractivity contribution is 0.406. The van der Waals surface area contributed by atoms with Crippen LogP contribution in [0.4, 0.5) is 0 Å². The second kappa shape index (κ2) is 7.11. The zero-order valence-corrected chi connectivity index (χ0v) is 13.8. The fourth-order valence-corrected chi connectivity index (χ4v) is 2.70. The van der Waals surface area contributed by atoms with E-state index >= 15 is 0 Å². The molecule has 4 heteroatoms. The first-order chi connectivity index (χ1) is 9.61. The second-order valence-electron chi connectivity index (χ2n) is 4.58. The van der Waals surface area contributed by atoms with E-state index in [0.29, 0.717) is 6.54 Å². The third-order valence-electron chi connectivity index (χ3n) is 3.23. The highest BCUT2D eigenvalue weighted by atomic mass is 79.9. The Morgan fingerprint density at radius 3 is 2.70 bits per heavy atom. The molecule has 0 heterocycles. The summed E-state index contributed by atoms with van der Waals surface area (Å²) in [7, 11) is 1.66. The number of methoxy groups -OCH3 is 1. The van der Waals surface area contributed by atoms with Gasteiger partial charge in [0.2, 0.25) is 0 Å². The Balaban J connectivity index is 2.09. The predicted octanol–water partition coefficient (Wildman–Crippen LogP) is 4.96. The molecule has 2 aromatic carbocycles. The van der Waals surface area contributed by atoms with Crippen LogP contribution in [0, 0.1) is 0 Å². The van der Waals surface area contributed by atoms with E-state index in [9.17, 15) is 0 Å². The molecule has 2 aromatic rings. The molecule has 0 aliphatic carbocycles. The van der Waals surface area contributed by atoms with Crippen molar-refractivity contribution in [2.75, 3.05) is 7.11 Å². The molecule has 2 nitrogen and oxygen atoms in total. The summed E-state index contributed by atoms with van der Waals surface area (Å²) in [4.78, 5) is 0. The first-order valence-corrected chi connectivity index (χ1v) is 7.59. The number of benzene rings is 2. The monoisotopic (exact) mass is 353 g/mol. The molecule has 1 atom stereocenters. The Kier molecular flexibility index (Phi) is 5.46. The van der Waals surface area contributed by atoms with Gasteiger partial charge in [-0.15, -0.1) is 0 Å². The quantitative estimate of drug-likeness (QED) is 0.819. The molecule has 0 aliphatic heterocycles. The summed E-state index contributed by atoms with van der Waals surface area (Å²) in [6.07, 6.45) is 0. The van der Waals surface area contributed by atoms with Gasteiger partial charge in [0.15, 0.2) is 0 Å². The average Bonchev–Trinajstić information content (AvgIpc) is 2.45. The molecule has 0 spiro atoms. The molecule has 0 amide bonds. The first kappa shape index (κ1) is 15.4. The Morgan fingerprint density at radius 1 is 1.25 bits per heavy atom. The molecule has 0 radical (unpaired) electrons. The van der Waals surface area contributed by atoms with Crippen molar-refractivity contribution < 1.29 is 4.74 Å². The summed E-state index contributed by atoms with van der Waals surface area (Å²) in [6.45, 7) is 2.79. The number of hydrogen-bond donors (Lipinski definition) is 1. The van der Waals surface area contributed by atoms with Crippen LogP contribution in [-0.2, 0) is 6.54 Å². The minimum absolute atomic E-state index is 0.230. The van der Waals surface area contributed by atoms with Gasteiger partial charge in [0, 0.05) is 27.6 Å². The van der Waals surface area contributed by atoms with Gasteiger partial charge in [-0.1, -0.05) is 45.7 Å². The lowest BCUT2D eigenvalue weighted by atomic mass is 10.1. The maximum Gasteiger partial charge on any atom is 0.124 e. The van der Waals surface area contributed by atoms with Crippen molar-refractivity contribution in [1.29, 1.82) is 0 Å². The van der Waals surface area contributed by atoms with E-state index in [-0.39, 0.29) is 6.04 Å². The van der Waals surface area contributed by atoms with Crippen molar-refractivity contribution in [3.63, 3.8) is 0 Å². The fraction of sp³-hybridized carbons (Fsp3) is 0.250. The lowest BCUT2D eigenvalue weighted by Gasteiger charge is -2.17. The largest absolute Gasteiger partial charge is 0.496 e. The number of rotatable bonds is 5. The SMILES string of the molecule is COc1cccc(Cl)c1CNC(C)c1cccc(Br)c1. The van der Waals surface area contributed by atoms with Gasteiger partial charge in [0.25, 0.3) is 0 Å². The van der Waals surface area contributed by atoms with Crippen molar-refractivity contribution in [3.05, 3.63) is 63.1 Å². The van der Waals surface area contributed by atoms with Crippen LogP contribution in [0.1, 0.15) is 24.1 Å². The molecule has 1 unspecified atom stereocenters. The van der Waals surface area contributed by atoms with Gasteiger partial charge < -0.3 is 10.1 Å². The highest BCUT2D eigenvalue weighted by molar-refractivity contribution is 9.10. The fourth-order valence-electron chi connectivity index (χ4n) is 2.05. The van der Waals surface area contributed by atoms with E-state index in [4.69, 9.17) is 16.3 Å². The van der Waals surface area contributed by atoms with Gasteiger partial charge in [-0.3, -0.25) is 0 Å². The predicted molar refractivity (Wildman–Crippen MR) is 87.4 cm³/mol. The summed E-state index contributed by atoms with van der Waals surface area (Å²) < 4.78 is 6.43. The zero-order valence-electron chi connectivity index (χ0n) is 11.5. The second-order valence-corrected chi connectivity index (χ2v) is 5.90. The zero-order chi connectivity index (χ0) is 14.5. The van der Waals surface area contributed by atoms with Gasteiger partial charge in [0.05, 0.1) is 7.11 Å². The summed E-state index contributed by atoms with van der Waals surface area (Å²) in [5.41, 5.74) is 2.21. The normalized spacial score (nSPS) is 12.2. The molecule has 0 aromatic heterocycles. The molecule has 20 heavy (non-hydrogen) atoms. The molecule has 0 fully saturated rings. The summed E-state index contributed by atoms with van der Waals surface area (Å²) in [5.74, 6) is 0.812. The molecule has 0 aliphatic rings. The van der Waals surface area contributed by atoms with E-state index in [1.54, 1.807) is 7.11 Å². The van der Waals surface area contributed by atoms with E-state index in [1.165, 1.54) is 5.56 Å².